The van der Waals surface area contributed by atoms with Crippen LogP contribution in [0.25, 0.3) is 0 Å². The molecule has 1 aliphatic carbocycles. The van der Waals surface area contributed by atoms with Crippen LogP contribution in [0.2, 0.25) is 5.04 Å². The molecule has 4 atom stereocenters. The Labute approximate surface area is 267 Å². The molecule has 0 saturated heterocycles. The molecule has 0 aromatic heterocycles. The molecule has 0 spiro atoms. The van der Waals surface area contributed by atoms with Crippen molar-refractivity contribution in [1.82, 2.24) is 0 Å². The number of aliphatic hydroxyl groups is 1. The number of hydrogen-bond donors (Lipinski definition) is 1. The zero-order chi connectivity index (χ0) is 31.5. The highest BCUT2D eigenvalue weighted by molar-refractivity contribution is 6.99. The largest absolute Gasteiger partial charge is 0.407 e. The van der Waals surface area contributed by atoms with Gasteiger partial charge in [0.05, 0.1) is 18.3 Å². The molecule has 230 valence electrons. The van der Waals surface area contributed by atoms with E-state index in [0.717, 1.165) is 5.57 Å². The van der Waals surface area contributed by atoms with E-state index in [0.29, 0.717) is 6.42 Å². The summed E-state index contributed by atoms with van der Waals surface area (Å²) >= 11 is 0. The molecule has 1 unspecified atom stereocenters. The Morgan fingerprint density at radius 3 is 1.50 bits per heavy atom. The maximum Gasteiger partial charge on any atom is 0.261 e. The molecule has 3 nitrogen and oxygen atoms in total. The van der Waals surface area contributed by atoms with Gasteiger partial charge in [-0.2, -0.15) is 0 Å². The summed E-state index contributed by atoms with van der Waals surface area (Å²) in [7, 11) is -5.00. The molecule has 1 aliphatic rings. The van der Waals surface area contributed by atoms with E-state index in [1.165, 1.54) is 20.7 Å². The van der Waals surface area contributed by atoms with Crippen molar-refractivity contribution in [3.63, 3.8) is 0 Å². The molecule has 0 radical (unpaired) electrons. The van der Waals surface area contributed by atoms with Crippen LogP contribution >= 0.6 is 0 Å². The quantitative estimate of drug-likeness (QED) is 0.189. The molecule has 1 saturated carbocycles. The molecular formula is C39H48O3Si2. The van der Waals surface area contributed by atoms with Gasteiger partial charge in [-0.1, -0.05) is 169 Å². The fraction of sp³-hybridized carbons (Fsp3) is 0.333. The number of benzene rings is 4. The third-order valence-electron chi connectivity index (χ3n) is 9.12. The van der Waals surface area contributed by atoms with Crippen LogP contribution in [0.4, 0.5) is 0 Å². The number of aliphatic hydroxyl groups excluding tert-OH is 1. The van der Waals surface area contributed by atoms with Crippen molar-refractivity contribution in [2.45, 2.75) is 71.3 Å². The van der Waals surface area contributed by atoms with E-state index in [1.807, 2.05) is 0 Å². The highest BCUT2D eigenvalue weighted by atomic mass is 28.4. The van der Waals surface area contributed by atoms with E-state index in [9.17, 15) is 5.11 Å². The van der Waals surface area contributed by atoms with Gasteiger partial charge in [0.15, 0.2) is 0 Å². The molecule has 0 bridgehead atoms. The monoisotopic (exact) mass is 620 g/mol. The van der Waals surface area contributed by atoms with Crippen molar-refractivity contribution < 1.29 is 14.0 Å². The Morgan fingerprint density at radius 2 is 1.11 bits per heavy atom. The van der Waals surface area contributed by atoms with Crippen molar-refractivity contribution in [1.29, 1.82) is 0 Å². The Morgan fingerprint density at radius 1 is 0.705 bits per heavy atom. The highest BCUT2D eigenvalue weighted by Gasteiger charge is 2.56. The summed E-state index contributed by atoms with van der Waals surface area (Å²) in [5.74, 6) is -0.172. The van der Waals surface area contributed by atoms with Gasteiger partial charge in [-0.15, -0.1) is 0 Å². The number of rotatable bonds is 9. The second kappa shape index (κ2) is 13.1. The van der Waals surface area contributed by atoms with Gasteiger partial charge in [0.25, 0.3) is 8.32 Å². The van der Waals surface area contributed by atoms with Gasteiger partial charge in [-0.3, -0.25) is 0 Å². The van der Waals surface area contributed by atoms with Gasteiger partial charge in [-0.25, -0.2) is 0 Å². The summed E-state index contributed by atoms with van der Waals surface area (Å²) in [6, 6.07) is 42.8. The molecule has 5 rings (SSSR count). The minimum atomic E-state index is -2.88. The average molecular weight is 621 g/mol. The molecule has 44 heavy (non-hydrogen) atoms. The van der Waals surface area contributed by atoms with Crippen molar-refractivity contribution >= 4 is 38.1 Å². The molecule has 0 aliphatic heterocycles. The summed E-state index contributed by atoms with van der Waals surface area (Å²) in [4.78, 5) is 0. The minimum Gasteiger partial charge on any atom is -0.407 e. The van der Waals surface area contributed by atoms with Crippen LogP contribution in [0, 0.1) is 11.3 Å². The van der Waals surface area contributed by atoms with Crippen molar-refractivity contribution in [3.8, 4) is 0 Å². The molecule has 0 amide bonds. The van der Waals surface area contributed by atoms with Gasteiger partial charge < -0.3 is 14.0 Å². The smallest absolute Gasteiger partial charge is 0.261 e. The van der Waals surface area contributed by atoms with Crippen LogP contribution in [0.1, 0.15) is 48.0 Å². The van der Waals surface area contributed by atoms with E-state index >= 15 is 0 Å². The van der Waals surface area contributed by atoms with Crippen LogP contribution in [0.3, 0.4) is 0 Å². The van der Waals surface area contributed by atoms with Gasteiger partial charge in [0.1, 0.15) is 0 Å². The first-order chi connectivity index (χ1) is 20.9. The van der Waals surface area contributed by atoms with E-state index in [1.54, 1.807) is 0 Å². The van der Waals surface area contributed by atoms with Gasteiger partial charge in [-0.05, 0) is 36.8 Å². The van der Waals surface area contributed by atoms with E-state index in [2.05, 4.69) is 169 Å². The normalized spacial score (nSPS) is 20.2. The molecule has 4 aromatic carbocycles. The SMILES string of the molecule is C=C1[C@H](O)C[C@H](O[Si](c2ccccc2)(c2ccccc2)C(C)(C)C)[C@@H]1C(O[SiH](c1ccccc1)c1ccccc1)C(C)(C)C. The first kappa shape index (κ1) is 32.3. The topological polar surface area (TPSA) is 38.7 Å². The predicted molar refractivity (Wildman–Crippen MR) is 189 cm³/mol. The molecule has 5 heteroatoms. The lowest BCUT2D eigenvalue weighted by molar-refractivity contribution is 0.00517. The highest BCUT2D eigenvalue weighted by Crippen LogP contribution is 2.46. The zero-order valence-electron chi connectivity index (χ0n) is 27.1. The van der Waals surface area contributed by atoms with Crippen LogP contribution in [0.15, 0.2) is 133 Å². The summed E-state index contributed by atoms with van der Waals surface area (Å²) in [6.45, 7) is 18.2. The van der Waals surface area contributed by atoms with Crippen LogP contribution < -0.4 is 20.7 Å². The van der Waals surface area contributed by atoms with Crippen LogP contribution in [0.5, 0.6) is 0 Å². The third-order valence-corrected chi connectivity index (χ3v) is 16.7. The van der Waals surface area contributed by atoms with E-state index < -0.39 is 23.5 Å². The Bertz CT molecular complexity index is 1420. The lowest BCUT2D eigenvalue weighted by Crippen LogP contribution is -2.68. The molecule has 1 N–H and O–H groups in total. The summed E-state index contributed by atoms with van der Waals surface area (Å²) < 4.78 is 15.1. The molecule has 1 fully saturated rings. The Kier molecular flexibility index (Phi) is 9.64. The van der Waals surface area contributed by atoms with Gasteiger partial charge >= 0.3 is 0 Å². The van der Waals surface area contributed by atoms with Crippen LogP contribution in [-0.4, -0.2) is 40.8 Å². The predicted octanol–water partition coefficient (Wildman–Crippen LogP) is 5.84. The zero-order valence-corrected chi connectivity index (χ0v) is 29.3. The van der Waals surface area contributed by atoms with Crippen molar-refractivity contribution in [3.05, 3.63) is 133 Å². The summed E-state index contributed by atoms with van der Waals surface area (Å²) in [6.07, 6.45) is -0.612. The fourth-order valence-electron chi connectivity index (χ4n) is 6.99. The molecule has 4 aromatic rings. The molecular weight excluding hydrogens is 573 g/mol. The third kappa shape index (κ3) is 6.49. The first-order valence-electron chi connectivity index (χ1n) is 15.8. The lowest BCUT2D eigenvalue weighted by Gasteiger charge is -2.47. The first-order valence-corrected chi connectivity index (χ1v) is 19.4. The van der Waals surface area contributed by atoms with E-state index in [4.69, 9.17) is 8.85 Å². The second-order valence-electron chi connectivity index (χ2n) is 14.3. The van der Waals surface area contributed by atoms with Crippen molar-refractivity contribution in [2.24, 2.45) is 11.3 Å². The minimum absolute atomic E-state index is 0.172. The maximum absolute atomic E-state index is 11.5. The average Bonchev–Trinajstić information content (AvgIpc) is 3.28. The molecule has 0 heterocycles. The van der Waals surface area contributed by atoms with E-state index in [-0.39, 0.29) is 28.6 Å². The Balaban J connectivity index is 1.63. The Hall–Kier alpha value is -3.07. The van der Waals surface area contributed by atoms with Crippen LogP contribution in [-0.2, 0) is 8.85 Å². The van der Waals surface area contributed by atoms with Gasteiger partial charge in [0, 0.05) is 12.3 Å². The second-order valence-corrected chi connectivity index (χ2v) is 20.9. The maximum atomic E-state index is 11.5. The number of hydrogen-bond acceptors (Lipinski definition) is 3. The summed E-state index contributed by atoms with van der Waals surface area (Å²) in [5.41, 5.74) is 0.584. The van der Waals surface area contributed by atoms with Gasteiger partial charge in [0.2, 0.25) is 9.04 Å². The fourth-order valence-corrected chi connectivity index (χ4v) is 14.4. The lowest BCUT2D eigenvalue weighted by atomic mass is 9.78. The van der Waals surface area contributed by atoms with Crippen molar-refractivity contribution in [2.75, 3.05) is 0 Å². The standard InChI is InChI=1S/C39H48O3Si2/c1-29-34(40)28-35(42-44(39(5,6)7,32-24-16-10-17-25-32)33-26-18-11-19-27-33)36(29)37(38(2,3)4)41-43(30-20-12-8-13-21-30)31-22-14-9-15-23-31/h8-27,34-37,40,43H,1,28H2,2-7H3/t34-,35+,36-,37?/m1/s1. The summed E-state index contributed by atoms with van der Waals surface area (Å²) in [5, 5.41) is 16.2.